The average molecular weight is 499 g/mol. The summed E-state index contributed by atoms with van der Waals surface area (Å²) in [6.45, 7) is 0.0504. The van der Waals surface area contributed by atoms with Gasteiger partial charge in [0.25, 0.3) is 5.56 Å². The van der Waals surface area contributed by atoms with Gasteiger partial charge in [0.2, 0.25) is 5.91 Å². The van der Waals surface area contributed by atoms with Crippen LogP contribution >= 0.6 is 23.2 Å². The number of halogens is 2. The number of hydrogen-bond acceptors (Lipinski definition) is 5. The van der Waals surface area contributed by atoms with Crippen molar-refractivity contribution in [3.8, 4) is 0 Å². The third kappa shape index (κ3) is 5.08. The summed E-state index contributed by atoms with van der Waals surface area (Å²) < 4.78 is 6.61. The number of aromatic amines is 1. The van der Waals surface area contributed by atoms with Gasteiger partial charge in [-0.25, -0.2) is 4.79 Å². The molecule has 0 radical (unpaired) electrons. The van der Waals surface area contributed by atoms with Gasteiger partial charge in [0, 0.05) is 0 Å². The summed E-state index contributed by atoms with van der Waals surface area (Å²) in [5.41, 5.74) is 6.12. The van der Waals surface area contributed by atoms with E-state index in [-0.39, 0.29) is 31.0 Å². The maximum atomic E-state index is 13.4. The molecule has 4 rings (SSSR count). The van der Waals surface area contributed by atoms with Crippen molar-refractivity contribution >= 4 is 40.6 Å². The standard InChI is InChI=1S/C24H20Cl2N4O4/c25-18-9-8-16(11-19(18)26)12-20(31)29(14-17-7-4-10-34-17)21-22(27)30(24(33)28-23(21)32)13-15-5-2-1-3-6-15/h1-11H,12-14,27H2,(H,28,32,33). The van der Waals surface area contributed by atoms with Gasteiger partial charge in [-0.3, -0.25) is 24.0 Å². The van der Waals surface area contributed by atoms with Crippen molar-refractivity contribution < 1.29 is 9.21 Å². The van der Waals surface area contributed by atoms with E-state index >= 15 is 0 Å². The molecule has 8 nitrogen and oxygen atoms in total. The number of nitrogens with one attached hydrogen (secondary N) is 1. The molecule has 0 fully saturated rings. The molecule has 2 aromatic heterocycles. The Kier molecular flexibility index (Phi) is 6.90. The van der Waals surface area contributed by atoms with Crippen molar-refractivity contribution in [3.05, 3.63) is 115 Å². The average Bonchev–Trinajstić information content (AvgIpc) is 3.32. The van der Waals surface area contributed by atoms with Crippen LogP contribution in [0.3, 0.4) is 0 Å². The quantitative estimate of drug-likeness (QED) is 0.401. The Morgan fingerprint density at radius 1 is 1.00 bits per heavy atom. The second-order valence-corrected chi connectivity index (χ2v) is 8.36. The highest BCUT2D eigenvalue weighted by Gasteiger charge is 2.26. The maximum Gasteiger partial charge on any atom is 0.330 e. The van der Waals surface area contributed by atoms with E-state index in [0.717, 1.165) is 5.56 Å². The molecule has 0 saturated heterocycles. The second kappa shape index (κ2) is 10.0. The Morgan fingerprint density at radius 2 is 1.76 bits per heavy atom. The highest BCUT2D eigenvalue weighted by molar-refractivity contribution is 6.42. The Labute approximate surface area is 204 Å². The first-order chi connectivity index (χ1) is 16.3. The number of H-pyrrole nitrogens is 1. The minimum Gasteiger partial charge on any atom is -0.467 e. The van der Waals surface area contributed by atoms with E-state index in [9.17, 15) is 14.4 Å². The zero-order valence-corrected chi connectivity index (χ0v) is 19.3. The monoisotopic (exact) mass is 498 g/mol. The van der Waals surface area contributed by atoms with Crippen molar-refractivity contribution in [1.82, 2.24) is 9.55 Å². The highest BCUT2D eigenvalue weighted by Crippen LogP contribution is 2.25. The van der Waals surface area contributed by atoms with Gasteiger partial charge >= 0.3 is 5.69 Å². The van der Waals surface area contributed by atoms with Crippen molar-refractivity contribution in [3.63, 3.8) is 0 Å². The van der Waals surface area contributed by atoms with Crippen LogP contribution in [0.2, 0.25) is 10.0 Å². The van der Waals surface area contributed by atoms with Crippen LogP contribution in [-0.4, -0.2) is 15.5 Å². The Morgan fingerprint density at radius 3 is 2.44 bits per heavy atom. The molecular weight excluding hydrogens is 479 g/mol. The zero-order valence-electron chi connectivity index (χ0n) is 17.8. The first-order valence-electron chi connectivity index (χ1n) is 10.3. The third-order valence-corrected chi connectivity index (χ3v) is 5.94. The Bertz CT molecular complexity index is 1430. The lowest BCUT2D eigenvalue weighted by Crippen LogP contribution is -2.41. The summed E-state index contributed by atoms with van der Waals surface area (Å²) in [7, 11) is 0. The van der Waals surface area contributed by atoms with Gasteiger partial charge in [0.05, 0.1) is 35.8 Å². The lowest BCUT2D eigenvalue weighted by molar-refractivity contribution is -0.118. The van der Waals surface area contributed by atoms with Crippen molar-refractivity contribution in [2.45, 2.75) is 19.5 Å². The number of carbonyl (C=O) groups excluding carboxylic acids is 1. The van der Waals surface area contributed by atoms with Gasteiger partial charge in [0.1, 0.15) is 11.6 Å². The minimum absolute atomic E-state index is 0.0655. The van der Waals surface area contributed by atoms with E-state index in [1.54, 1.807) is 30.3 Å². The fourth-order valence-electron chi connectivity index (χ4n) is 3.53. The van der Waals surface area contributed by atoms with Crippen molar-refractivity contribution in [2.75, 3.05) is 10.6 Å². The second-order valence-electron chi connectivity index (χ2n) is 7.55. The molecule has 0 aliphatic rings. The summed E-state index contributed by atoms with van der Waals surface area (Å²) in [5, 5.41) is 0.664. The number of hydrogen-bond donors (Lipinski definition) is 2. The predicted octanol–water partition coefficient (Wildman–Crippen LogP) is 3.84. The van der Waals surface area contributed by atoms with Crippen LogP contribution in [0.15, 0.2) is 80.9 Å². The molecular formula is C24H20Cl2N4O4. The lowest BCUT2D eigenvalue weighted by atomic mass is 10.1. The molecule has 0 saturated carbocycles. The molecule has 3 N–H and O–H groups in total. The van der Waals surface area contributed by atoms with Gasteiger partial charge in [0.15, 0.2) is 5.69 Å². The zero-order chi connectivity index (χ0) is 24.2. The van der Waals surface area contributed by atoms with Gasteiger partial charge < -0.3 is 10.2 Å². The fraction of sp³-hybridized carbons (Fsp3) is 0.125. The summed E-state index contributed by atoms with van der Waals surface area (Å²) in [6, 6.07) is 17.3. The molecule has 2 heterocycles. The van der Waals surface area contributed by atoms with Gasteiger partial charge in [-0.15, -0.1) is 0 Å². The topological polar surface area (TPSA) is 114 Å². The fourth-order valence-corrected chi connectivity index (χ4v) is 3.85. The van der Waals surface area contributed by atoms with Crippen LogP contribution in [-0.2, 0) is 24.3 Å². The first kappa shape index (κ1) is 23.4. The van der Waals surface area contributed by atoms with E-state index < -0.39 is 17.2 Å². The SMILES string of the molecule is Nc1c(N(Cc2ccco2)C(=O)Cc2ccc(Cl)c(Cl)c2)c(=O)[nH]c(=O)n1Cc1ccccc1. The molecule has 0 bridgehead atoms. The highest BCUT2D eigenvalue weighted by atomic mass is 35.5. The van der Waals surface area contributed by atoms with Gasteiger partial charge in [-0.1, -0.05) is 59.6 Å². The molecule has 2 aromatic carbocycles. The van der Waals surface area contributed by atoms with Crippen LogP contribution in [0.25, 0.3) is 0 Å². The van der Waals surface area contributed by atoms with Crippen LogP contribution in [0.5, 0.6) is 0 Å². The summed E-state index contributed by atoms with van der Waals surface area (Å²) >= 11 is 12.1. The van der Waals surface area contributed by atoms with Crippen LogP contribution in [0.1, 0.15) is 16.9 Å². The molecule has 10 heteroatoms. The summed E-state index contributed by atoms with van der Waals surface area (Å²) in [6.07, 6.45) is 1.37. The number of rotatable bonds is 7. The van der Waals surface area contributed by atoms with Crippen LogP contribution in [0, 0.1) is 0 Å². The van der Waals surface area contributed by atoms with Gasteiger partial charge in [-0.05, 0) is 35.4 Å². The minimum atomic E-state index is -0.777. The third-order valence-electron chi connectivity index (χ3n) is 5.20. The molecule has 174 valence electrons. The van der Waals surface area contributed by atoms with E-state index in [1.807, 2.05) is 30.3 Å². The number of carbonyl (C=O) groups is 1. The molecule has 0 aliphatic heterocycles. The molecule has 34 heavy (non-hydrogen) atoms. The molecule has 0 spiro atoms. The number of furan rings is 1. The van der Waals surface area contributed by atoms with E-state index in [0.29, 0.717) is 21.4 Å². The lowest BCUT2D eigenvalue weighted by Gasteiger charge is -2.24. The molecule has 1 amide bonds. The number of aromatic nitrogens is 2. The largest absolute Gasteiger partial charge is 0.467 e. The molecule has 0 atom stereocenters. The number of amides is 1. The maximum absolute atomic E-state index is 13.4. The number of nitrogens with zero attached hydrogens (tertiary/aromatic N) is 2. The predicted molar refractivity (Wildman–Crippen MR) is 131 cm³/mol. The Balaban J connectivity index is 1.77. The summed E-state index contributed by atoms with van der Waals surface area (Å²) in [5.74, 6) is -0.148. The van der Waals surface area contributed by atoms with Crippen molar-refractivity contribution in [2.24, 2.45) is 0 Å². The summed E-state index contributed by atoms with van der Waals surface area (Å²) in [4.78, 5) is 42.3. The number of nitrogen functional groups attached to an aromatic ring is 1. The van der Waals surface area contributed by atoms with E-state index in [4.69, 9.17) is 33.4 Å². The van der Waals surface area contributed by atoms with E-state index in [2.05, 4.69) is 4.98 Å². The molecule has 0 unspecified atom stereocenters. The molecule has 0 aliphatic carbocycles. The number of anilines is 2. The Hall–Kier alpha value is -3.75. The van der Waals surface area contributed by atoms with Crippen molar-refractivity contribution in [1.29, 1.82) is 0 Å². The van der Waals surface area contributed by atoms with Gasteiger partial charge in [-0.2, -0.15) is 0 Å². The number of nitrogens with two attached hydrogens (primary N) is 1. The smallest absolute Gasteiger partial charge is 0.330 e. The normalized spacial score (nSPS) is 10.9. The van der Waals surface area contributed by atoms with Crippen LogP contribution < -0.4 is 21.9 Å². The number of benzene rings is 2. The first-order valence-corrected chi connectivity index (χ1v) is 11.0. The van der Waals surface area contributed by atoms with Crippen LogP contribution in [0.4, 0.5) is 11.5 Å². The molecule has 4 aromatic rings. The van der Waals surface area contributed by atoms with E-state index in [1.165, 1.54) is 15.7 Å².